The molecule has 3 aromatic rings. The van der Waals surface area contributed by atoms with Crippen LogP contribution in [0.5, 0.6) is 0 Å². The number of rotatable bonds is 5. The van der Waals surface area contributed by atoms with Gasteiger partial charge in [0, 0.05) is 12.1 Å². The minimum atomic E-state index is -0.269. The first-order valence-corrected chi connectivity index (χ1v) is 7.68. The Morgan fingerprint density at radius 2 is 1.83 bits per heavy atom. The Hall–Kier alpha value is -2.95. The van der Waals surface area contributed by atoms with Crippen LogP contribution in [-0.2, 0) is 6.42 Å². The van der Waals surface area contributed by atoms with E-state index in [1.807, 2.05) is 31.2 Å². The van der Waals surface area contributed by atoms with Crippen molar-refractivity contribution in [3.63, 3.8) is 0 Å². The van der Waals surface area contributed by atoms with E-state index < -0.39 is 0 Å². The highest BCUT2D eigenvalue weighted by atomic mass is 19.1. The van der Waals surface area contributed by atoms with E-state index in [4.69, 9.17) is 4.52 Å². The van der Waals surface area contributed by atoms with Crippen molar-refractivity contribution in [1.82, 2.24) is 10.5 Å². The summed E-state index contributed by atoms with van der Waals surface area (Å²) < 4.78 is 18.1. The van der Waals surface area contributed by atoms with Crippen LogP contribution in [0.3, 0.4) is 0 Å². The summed E-state index contributed by atoms with van der Waals surface area (Å²) in [4.78, 5) is 12.3. The van der Waals surface area contributed by atoms with Crippen molar-refractivity contribution in [2.45, 2.75) is 13.3 Å². The monoisotopic (exact) mass is 324 g/mol. The molecular weight excluding hydrogens is 307 g/mol. The standard InChI is InChI=1S/C19H17FN2O2/c1-13-2-6-15(7-3-13)18-17(12-22-24-18)19(23)21-11-10-14-4-8-16(20)9-5-14/h2-9,12H,10-11H2,1H3,(H,21,23). The maximum Gasteiger partial charge on any atom is 0.256 e. The average molecular weight is 324 g/mol. The lowest BCUT2D eigenvalue weighted by molar-refractivity contribution is 0.0954. The van der Waals surface area contributed by atoms with Gasteiger partial charge < -0.3 is 9.84 Å². The molecule has 0 saturated carbocycles. The number of carbonyl (C=O) groups is 1. The molecule has 122 valence electrons. The Morgan fingerprint density at radius 1 is 1.12 bits per heavy atom. The molecule has 0 unspecified atom stereocenters. The maximum atomic E-state index is 12.9. The third-order valence-corrected chi connectivity index (χ3v) is 3.74. The summed E-state index contributed by atoms with van der Waals surface area (Å²) in [5.74, 6) is -0.0572. The molecule has 1 aromatic heterocycles. The number of halogens is 1. The van der Waals surface area contributed by atoms with Crippen molar-refractivity contribution in [1.29, 1.82) is 0 Å². The molecule has 0 atom stereocenters. The first-order chi connectivity index (χ1) is 11.6. The summed E-state index contributed by atoms with van der Waals surface area (Å²) in [7, 11) is 0. The Morgan fingerprint density at radius 3 is 2.54 bits per heavy atom. The molecule has 0 saturated heterocycles. The lowest BCUT2D eigenvalue weighted by Crippen LogP contribution is -2.25. The fourth-order valence-electron chi connectivity index (χ4n) is 2.38. The summed E-state index contributed by atoms with van der Waals surface area (Å²) in [6.07, 6.45) is 2.04. The Kier molecular flexibility index (Phi) is 4.70. The molecule has 0 aliphatic rings. The van der Waals surface area contributed by atoms with Crippen LogP contribution in [0.4, 0.5) is 4.39 Å². The normalized spacial score (nSPS) is 10.6. The Balaban J connectivity index is 1.64. The number of nitrogens with one attached hydrogen (secondary N) is 1. The topological polar surface area (TPSA) is 55.1 Å². The Bertz CT molecular complexity index is 823. The van der Waals surface area contributed by atoms with Crippen LogP contribution in [0, 0.1) is 12.7 Å². The second-order valence-corrected chi connectivity index (χ2v) is 5.57. The third-order valence-electron chi connectivity index (χ3n) is 3.74. The predicted molar refractivity (Wildman–Crippen MR) is 89.1 cm³/mol. The van der Waals surface area contributed by atoms with Crippen LogP contribution < -0.4 is 5.32 Å². The summed E-state index contributed by atoms with van der Waals surface area (Å²) in [5.41, 5.74) is 3.30. The van der Waals surface area contributed by atoms with Gasteiger partial charge >= 0.3 is 0 Å². The molecule has 2 aromatic carbocycles. The van der Waals surface area contributed by atoms with Gasteiger partial charge in [0.05, 0.1) is 6.20 Å². The van der Waals surface area contributed by atoms with E-state index in [-0.39, 0.29) is 11.7 Å². The predicted octanol–water partition coefficient (Wildman–Crippen LogP) is 3.76. The first kappa shape index (κ1) is 15.9. The number of nitrogens with zero attached hydrogens (tertiary/aromatic N) is 1. The zero-order valence-corrected chi connectivity index (χ0v) is 13.3. The highest BCUT2D eigenvalue weighted by Gasteiger charge is 2.17. The van der Waals surface area contributed by atoms with Crippen LogP contribution in [-0.4, -0.2) is 17.6 Å². The second-order valence-electron chi connectivity index (χ2n) is 5.57. The van der Waals surface area contributed by atoms with Gasteiger partial charge in [0.2, 0.25) is 0 Å². The quantitative estimate of drug-likeness (QED) is 0.777. The van der Waals surface area contributed by atoms with Crippen molar-refractivity contribution in [2.75, 3.05) is 6.54 Å². The SMILES string of the molecule is Cc1ccc(-c2oncc2C(=O)NCCc2ccc(F)cc2)cc1. The first-order valence-electron chi connectivity index (χ1n) is 7.68. The van der Waals surface area contributed by atoms with Crippen LogP contribution in [0.25, 0.3) is 11.3 Å². The minimum absolute atomic E-state index is 0.242. The molecule has 1 N–H and O–H groups in total. The van der Waals surface area contributed by atoms with Crippen molar-refractivity contribution < 1.29 is 13.7 Å². The smallest absolute Gasteiger partial charge is 0.256 e. The molecule has 0 fully saturated rings. The van der Waals surface area contributed by atoms with E-state index >= 15 is 0 Å². The van der Waals surface area contributed by atoms with Gasteiger partial charge in [-0.2, -0.15) is 0 Å². The molecule has 1 amide bonds. The van der Waals surface area contributed by atoms with Gasteiger partial charge in [0.1, 0.15) is 11.4 Å². The van der Waals surface area contributed by atoms with Crippen molar-refractivity contribution in [2.24, 2.45) is 0 Å². The maximum absolute atomic E-state index is 12.9. The summed E-state index contributed by atoms with van der Waals surface area (Å²) in [5, 5.41) is 6.58. The van der Waals surface area contributed by atoms with Crippen LogP contribution in [0.2, 0.25) is 0 Å². The van der Waals surface area contributed by atoms with Crippen molar-refractivity contribution in [3.05, 3.63) is 77.2 Å². The van der Waals surface area contributed by atoms with Gasteiger partial charge in [0.15, 0.2) is 5.76 Å². The van der Waals surface area contributed by atoms with Gasteiger partial charge in [-0.15, -0.1) is 0 Å². The molecule has 0 spiro atoms. The van der Waals surface area contributed by atoms with Crippen LogP contribution >= 0.6 is 0 Å². The number of aryl methyl sites for hydroxylation is 1. The molecule has 0 aliphatic carbocycles. The summed E-state index contributed by atoms with van der Waals surface area (Å²) in [6.45, 7) is 2.44. The molecular formula is C19H17FN2O2. The fourth-order valence-corrected chi connectivity index (χ4v) is 2.38. The van der Waals surface area contributed by atoms with E-state index in [9.17, 15) is 9.18 Å². The van der Waals surface area contributed by atoms with Gasteiger partial charge in [0.25, 0.3) is 5.91 Å². The number of hydrogen-bond donors (Lipinski definition) is 1. The van der Waals surface area contributed by atoms with Gasteiger partial charge in [-0.05, 0) is 31.0 Å². The number of carbonyl (C=O) groups excluding carboxylic acids is 1. The van der Waals surface area contributed by atoms with E-state index in [1.165, 1.54) is 18.3 Å². The molecule has 4 nitrogen and oxygen atoms in total. The number of hydrogen-bond acceptors (Lipinski definition) is 3. The van der Waals surface area contributed by atoms with Gasteiger partial charge in [-0.25, -0.2) is 4.39 Å². The van der Waals surface area contributed by atoms with Crippen molar-refractivity contribution in [3.8, 4) is 11.3 Å². The highest BCUT2D eigenvalue weighted by Crippen LogP contribution is 2.23. The fraction of sp³-hybridized carbons (Fsp3) is 0.158. The average Bonchev–Trinajstić information content (AvgIpc) is 3.07. The second kappa shape index (κ2) is 7.08. The largest absolute Gasteiger partial charge is 0.355 e. The number of aromatic nitrogens is 1. The molecule has 24 heavy (non-hydrogen) atoms. The lowest BCUT2D eigenvalue weighted by atomic mass is 10.1. The zero-order valence-electron chi connectivity index (χ0n) is 13.3. The van der Waals surface area contributed by atoms with Gasteiger partial charge in [-0.3, -0.25) is 4.79 Å². The van der Waals surface area contributed by atoms with Crippen LogP contribution in [0.15, 0.2) is 59.3 Å². The van der Waals surface area contributed by atoms with E-state index in [0.29, 0.717) is 24.3 Å². The molecule has 0 bridgehead atoms. The van der Waals surface area contributed by atoms with Gasteiger partial charge in [-0.1, -0.05) is 47.1 Å². The number of benzene rings is 2. The third kappa shape index (κ3) is 3.68. The number of amides is 1. The molecule has 5 heteroatoms. The van der Waals surface area contributed by atoms with Crippen molar-refractivity contribution >= 4 is 5.91 Å². The van der Waals surface area contributed by atoms with E-state index in [2.05, 4.69) is 10.5 Å². The molecule has 0 aliphatic heterocycles. The van der Waals surface area contributed by atoms with E-state index in [1.54, 1.807) is 12.1 Å². The summed E-state index contributed by atoms with van der Waals surface area (Å²) in [6, 6.07) is 13.9. The molecule has 1 heterocycles. The Labute approximate surface area is 139 Å². The van der Waals surface area contributed by atoms with Crippen LogP contribution in [0.1, 0.15) is 21.5 Å². The summed E-state index contributed by atoms with van der Waals surface area (Å²) >= 11 is 0. The zero-order chi connectivity index (χ0) is 16.9. The van der Waals surface area contributed by atoms with E-state index in [0.717, 1.165) is 16.7 Å². The molecule has 3 rings (SSSR count). The molecule has 0 radical (unpaired) electrons. The minimum Gasteiger partial charge on any atom is -0.355 e. The lowest BCUT2D eigenvalue weighted by Gasteiger charge is -2.05. The highest BCUT2D eigenvalue weighted by molar-refractivity contribution is 5.99.